The van der Waals surface area contributed by atoms with E-state index in [2.05, 4.69) is 41.0 Å². The van der Waals surface area contributed by atoms with Crippen molar-refractivity contribution in [3.05, 3.63) is 81.8 Å². The van der Waals surface area contributed by atoms with Crippen LogP contribution in [0.4, 0.5) is 5.69 Å². The van der Waals surface area contributed by atoms with Crippen LogP contribution in [0, 0.1) is 0 Å². The van der Waals surface area contributed by atoms with E-state index in [1.807, 2.05) is 35.2 Å². The molecule has 5 aromatic rings. The van der Waals surface area contributed by atoms with E-state index in [0.29, 0.717) is 18.1 Å². The second-order valence-corrected chi connectivity index (χ2v) is 15.7. The molecule has 0 amide bonds. The first-order chi connectivity index (χ1) is 20.0. The molecule has 8 nitrogen and oxygen atoms in total. The summed E-state index contributed by atoms with van der Waals surface area (Å²) in [4.78, 5) is 2.96. The fraction of sp³-hybridized carbons (Fsp3) is 0.207. The third kappa shape index (κ3) is 6.16. The Balaban J connectivity index is 1.49. The Labute approximate surface area is 256 Å². The lowest BCUT2D eigenvalue weighted by Crippen LogP contribution is -2.36. The second kappa shape index (κ2) is 11.4. The number of fused-ring (bicyclic) bond motifs is 6. The smallest absolute Gasteiger partial charge is 0.265 e. The summed E-state index contributed by atoms with van der Waals surface area (Å²) < 4.78 is 67.8. The molecule has 2 N–H and O–H groups in total. The zero-order valence-electron chi connectivity index (χ0n) is 22.1. The molecular weight excluding hydrogens is 636 g/mol. The first-order valence-corrected chi connectivity index (χ1v) is 18.3. The maximum atomic E-state index is 11.6. The molecule has 2 heterocycles. The second-order valence-electron chi connectivity index (χ2n) is 10.0. The molecular formula is C29H26ClN2O6S4+. The normalized spacial score (nSPS) is 14.9. The van der Waals surface area contributed by atoms with Crippen LogP contribution < -0.4 is 9.47 Å². The van der Waals surface area contributed by atoms with Crippen LogP contribution in [-0.2, 0) is 26.8 Å². The van der Waals surface area contributed by atoms with Gasteiger partial charge in [-0.3, -0.25) is 9.11 Å². The van der Waals surface area contributed by atoms with E-state index in [0.717, 1.165) is 52.4 Å². The highest BCUT2D eigenvalue weighted by atomic mass is 35.5. The number of hydrogen-bond donors (Lipinski definition) is 2. The molecule has 13 heteroatoms. The molecule has 0 atom stereocenters. The van der Waals surface area contributed by atoms with Crippen LogP contribution in [0.25, 0.3) is 37.8 Å². The van der Waals surface area contributed by atoms with E-state index in [4.69, 9.17) is 11.6 Å². The fourth-order valence-corrected chi connectivity index (χ4v) is 8.82. The molecule has 0 bridgehead atoms. The first kappa shape index (κ1) is 29.4. The minimum Gasteiger partial charge on any atom is -0.335 e. The third-order valence-corrected chi connectivity index (χ3v) is 11.2. The van der Waals surface area contributed by atoms with Gasteiger partial charge in [0.2, 0.25) is 5.52 Å². The zero-order chi connectivity index (χ0) is 29.6. The SMILES string of the molecule is O=S(=O)(O)CCCN1/C(=C/c2sc3ccc4c5ccccc5ccc4c3[n+]2CCCS(=O)(=O)O)Sc2ccc(Cl)cc21. The Morgan fingerprint density at radius 1 is 0.857 bits per heavy atom. The fourth-order valence-electron chi connectivity index (χ4n) is 5.35. The maximum absolute atomic E-state index is 11.6. The summed E-state index contributed by atoms with van der Waals surface area (Å²) in [5.41, 5.74) is 1.83. The van der Waals surface area contributed by atoms with Gasteiger partial charge in [-0.2, -0.15) is 21.4 Å². The standard InChI is InChI=1S/C29H25ClN2O6S4/c30-20-8-11-25-24(17-20)31(13-3-15-41(33,34)35)27(39-25)18-28-32(14-4-16-42(36,37)38)29-23-9-7-19-5-1-2-6-21(19)22(23)10-12-26(29)40-28/h1-2,5-12,17-18H,3-4,13-16H2,(H-,33,34,35,36,37,38)/p+1. The molecule has 1 aliphatic heterocycles. The number of rotatable bonds is 9. The summed E-state index contributed by atoms with van der Waals surface area (Å²) in [5.74, 6) is -0.725. The van der Waals surface area contributed by atoms with Gasteiger partial charge < -0.3 is 4.90 Å². The molecule has 0 fully saturated rings. The Bertz CT molecular complexity index is 2110. The van der Waals surface area contributed by atoms with E-state index in [1.54, 1.807) is 17.4 Å². The van der Waals surface area contributed by atoms with Gasteiger partial charge in [0, 0.05) is 22.9 Å². The van der Waals surface area contributed by atoms with Crippen molar-refractivity contribution in [3.8, 4) is 0 Å². The Morgan fingerprint density at radius 2 is 1.60 bits per heavy atom. The number of halogens is 1. The van der Waals surface area contributed by atoms with E-state index >= 15 is 0 Å². The predicted octanol–water partition coefficient (Wildman–Crippen LogP) is 6.62. The van der Waals surface area contributed by atoms with Gasteiger partial charge in [0.15, 0.2) is 6.54 Å². The van der Waals surface area contributed by atoms with E-state index in [1.165, 1.54) is 11.8 Å². The van der Waals surface area contributed by atoms with Crippen molar-refractivity contribution < 1.29 is 30.5 Å². The average Bonchev–Trinajstić information content (AvgIpc) is 3.44. The lowest BCUT2D eigenvalue weighted by atomic mass is 10.0. The number of thioether (sulfide) groups is 1. The van der Waals surface area contributed by atoms with E-state index < -0.39 is 20.2 Å². The van der Waals surface area contributed by atoms with Crippen molar-refractivity contribution in [3.63, 3.8) is 0 Å². The monoisotopic (exact) mass is 661 g/mol. The van der Waals surface area contributed by atoms with Crippen LogP contribution in [0.1, 0.15) is 17.8 Å². The number of hydrogen-bond acceptors (Lipinski definition) is 7. The van der Waals surface area contributed by atoms with Gasteiger partial charge in [-0.15, -0.1) is 0 Å². The van der Waals surface area contributed by atoms with Crippen molar-refractivity contribution in [1.29, 1.82) is 0 Å². The Hall–Kier alpha value is -2.71. The van der Waals surface area contributed by atoms with Crippen LogP contribution in [0.2, 0.25) is 5.02 Å². The molecule has 4 aromatic carbocycles. The molecule has 0 saturated heterocycles. The Morgan fingerprint density at radius 3 is 2.38 bits per heavy atom. The molecule has 0 saturated carbocycles. The van der Waals surface area contributed by atoms with Crippen LogP contribution in [0.3, 0.4) is 0 Å². The van der Waals surface area contributed by atoms with Crippen LogP contribution in [0.5, 0.6) is 0 Å². The van der Waals surface area contributed by atoms with Crippen molar-refractivity contribution in [1.82, 2.24) is 0 Å². The summed E-state index contributed by atoms with van der Waals surface area (Å²) >= 11 is 9.42. The summed E-state index contributed by atoms with van der Waals surface area (Å²) in [7, 11) is -8.24. The molecule has 1 aliphatic rings. The summed E-state index contributed by atoms with van der Waals surface area (Å²) in [6, 6.07) is 22.1. The molecule has 0 spiro atoms. The van der Waals surface area contributed by atoms with Crippen molar-refractivity contribution >= 4 is 98.5 Å². The number of aryl methyl sites for hydroxylation is 1. The van der Waals surface area contributed by atoms with Gasteiger partial charge in [0.25, 0.3) is 25.2 Å². The van der Waals surface area contributed by atoms with Crippen molar-refractivity contribution in [2.24, 2.45) is 0 Å². The van der Waals surface area contributed by atoms with Gasteiger partial charge in [-0.05, 0) is 52.9 Å². The van der Waals surface area contributed by atoms with Crippen LogP contribution in [-0.4, -0.2) is 44.0 Å². The predicted molar refractivity (Wildman–Crippen MR) is 172 cm³/mol. The summed E-state index contributed by atoms with van der Waals surface area (Å²) in [6.07, 6.45) is 2.45. The van der Waals surface area contributed by atoms with Gasteiger partial charge in [-0.25, -0.2) is 0 Å². The number of benzene rings is 4. The molecule has 42 heavy (non-hydrogen) atoms. The lowest BCUT2D eigenvalue weighted by molar-refractivity contribution is -0.667. The van der Waals surface area contributed by atoms with Crippen LogP contribution in [0.15, 0.2) is 76.7 Å². The highest BCUT2D eigenvalue weighted by Crippen LogP contribution is 2.48. The topological polar surface area (TPSA) is 116 Å². The number of anilines is 1. The van der Waals surface area contributed by atoms with E-state index in [9.17, 15) is 25.9 Å². The van der Waals surface area contributed by atoms with Crippen LogP contribution >= 0.6 is 34.7 Å². The summed E-state index contributed by atoms with van der Waals surface area (Å²) in [6.45, 7) is 0.700. The minimum absolute atomic E-state index is 0.209. The maximum Gasteiger partial charge on any atom is 0.265 e. The van der Waals surface area contributed by atoms with Gasteiger partial charge in [0.05, 0.1) is 33.7 Å². The Kier molecular flexibility index (Phi) is 7.98. The van der Waals surface area contributed by atoms with Gasteiger partial charge in [0.1, 0.15) is 4.70 Å². The van der Waals surface area contributed by atoms with Gasteiger partial charge in [-0.1, -0.05) is 71.1 Å². The number of aromatic nitrogens is 1. The zero-order valence-corrected chi connectivity index (χ0v) is 26.1. The van der Waals surface area contributed by atoms with Gasteiger partial charge >= 0.3 is 0 Å². The highest BCUT2D eigenvalue weighted by Gasteiger charge is 2.29. The number of thiazole rings is 1. The first-order valence-electron chi connectivity index (χ1n) is 13.1. The largest absolute Gasteiger partial charge is 0.335 e. The third-order valence-electron chi connectivity index (χ3n) is 7.12. The molecule has 0 unspecified atom stereocenters. The molecule has 218 valence electrons. The number of nitrogens with zero attached hydrogens (tertiary/aromatic N) is 2. The molecule has 0 radical (unpaired) electrons. The average molecular weight is 662 g/mol. The molecule has 1 aromatic heterocycles. The quantitative estimate of drug-likeness (QED) is 0.103. The lowest BCUT2D eigenvalue weighted by Gasteiger charge is -2.20. The van der Waals surface area contributed by atoms with Crippen molar-refractivity contribution in [2.75, 3.05) is 23.0 Å². The summed E-state index contributed by atoms with van der Waals surface area (Å²) in [5, 5.41) is 6.66. The minimum atomic E-state index is -4.13. The van der Waals surface area contributed by atoms with E-state index in [-0.39, 0.29) is 24.3 Å². The molecule has 6 rings (SSSR count). The molecule has 0 aliphatic carbocycles. The van der Waals surface area contributed by atoms with Crippen molar-refractivity contribution in [2.45, 2.75) is 24.3 Å². The highest BCUT2D eigenvalue weighted by molar-refractivity contribution is 8.04.